The first-order valence-electron chi connectivity index (χ1n) is 2.99. The lowest BCUT2D eigenvalue weighted by Gasteiger charge is -2.06. The Bertz CT molecular complexity index is 153. The van der Waals surface area contributed by atoms with Crippen LogP contribution < -0.4 is 5.73 Å². The van der Waals surface area contributed by atoms with E-state index in [9.17, 15) is 9.59 Å². The van der Waals surface area contributed by atoms with Crippen LogP contribution in [0.4, 0.5) is 0 Å². The molecule has 0 spiro atoms. The van der Waals surface area contributed by atoms with Crippen LogP contribution >= 0.6 is 0 Å². The molecule has 0 aromatic rings. The van der Waals surface area contributed by atoms with E-state index in [0.717, 1.165) is 0 Å². The highest BCUT2D eigenvalue weighted by Crippen LogP contribution is 1.97. The fourth-order valence-electron chi connectivity index (χ4n) is 0.481. The van der Waals surface area contributed by atoms with Gasteiger partial charge in [-0.25, -0.2) is 0 Å². The quantitative estimate of drug-likeness (QED) is 0.530. The SMILES string of the molecule is CC(C)C(=O)C(N)C(=O)O. The van der Waals surface area contributed by atoms with Gasteiger partial charge in [-0.1, -0.05) is 13.8 Å². The molecule has 0 aliphatic heterocycles. The molecular weight excluding hydrogens is 134 g/mol. The first kappa shape index (κ1) is 9.10. The van der Waals surface area contributed by atoms with Gasteiger partial charge in [0.1, 0.15) is 0 Å². The van der Waals surface area contributed by atoms with Gasteiger partial charge in [0, 0.05) is 5.92 Å². The van der Waals surface area contributed by atoms with E-state index in [-0.39, 0.29) is 5.92 Å². The number of carboxylic acids is 1. The summed E-state index contributed by atoms with van der Waals surface area (Å²) in [5.41, 5.74) is 5.01. The zero-order chi connectivity index (χ0) is 8.31. The molecule has 3 N–H and O–H groups in total. The normalized spacial score (nSPS) is 13.2. The van der Waals surface area contributed by atoms with Crippen molar-refractivity contribution in [1.82, 2.24) is 0 Å². The number of aliphatic carboxylic acids is 1. The molecule has 1 unspecified atom stereocenters. The van der Waals surface area contributed by atoms with Crippen molar-refractivity contribution in [3.63, 3.8) is 0 Å². The van der Waals surface area contributed by atoms with E-state index in [0.29, 0.717) is 0 Å². The Morgan fingerprint density at radius 1 is 1.40 bits per heavy atom. The van der Waals surface area contributed by atoms with Crippen LogP contribution in [-0.2, 0) is 9.59 Å². The maximum absolute atomic E-state index is 10.8. The maximum atomic E-state index is 10.8. The minimum absolute atomic E-state index is 0.314. The molecule has 0 saturated heterocycles. The number of nitrogens with two attached hydrogens (primary N) is 1. The summed E-state index contributed by atoms with van der Waals surface area (Å²) in [6.07, 6.45) is 0. The number of ketones is 1. The van der Waals surface area contributed by atoms with E-state index in [2.05, 4.69) is 0 Å². The van der Waals surface area contributed by atoms with Gasteiger partial charge in [0.15, 0.2) is 11.8 Å². The van der Waals surface area contributed by atoms with E-state index in [1.165, 1.54) is 0 Å². The molecule has 0 saturated carbocycles. The van der Waals surface area contributed by atoms with Gasteiger partial charge in [0.2, 0.25) is 0 Å². The zero-order valence-electron chi connectivity index (χ0n) is 6.00. The average Bonchev–Trinajstić information content (AvgIpc) is 1.84. The third-order valence-corrected chi connectivity index (χ3v) is 1.14. The number of hydrogen-bond donors (Lipinski definition) is 2. The third kappa shape index (κ3) is 2.14. The molecule has 0 aliphatic carbocycles. The Balaban J connectivity index is 4.08. The largest absolute Gasteiger partial charge is 0.480 e. The van der Waals surface area contributed by atoms with Gasteiger partial charge in [-0.3, -0.25) is 9.59 Å². The second-order valence-corrected chi connectivity index (χ2v) is 2.37. The van der Waals surface area contributed by atoms with Crippen LogP contribution in [0.3, 0.4) is 0 Å². The van der Waals surface area contributed by atoms with Crippen LogP contribution in [0.5, 0.6) is 0 Å². The van der Waals surface area contributed by atoms with Crippen molar-refractivity contribution in [3.05, 3.63) is 0 Å². The lowest BCUT2D eigenvalue weighted by Crippen LogP contribution is -2.40. The lowest BCUT2D eigenvalue weighted by atomic mass is 10.0. The summed E-state index contributed by atoms with van der Waals surface area (Å²) in [5.74, 6) is -2.02. The van der Waals surface area contributed by atoms with Gasteiger partial charge in [0.05, 0.1) is 0 Å². The first-order valence-corrected chi connectivity index (χ1v) is 2.99. The Morgan fingerprint density at radius 3 is 1.90 bits per heavy atom. The molecule has 10 heavy (non-hydrogen) atoms. The molecule has 0 bridgehead atoms. The second-order valence-electron chi connectivity index (χ2n) is 2.37. The predicted octanol–water partition coefficient (Wildman–Crippen LogP) is -0.377. The number of carboxylic acid groups (broad SMARTS) is 1. The molecular formula is C6H11NO3. The summed E-state index contributed by atoms with van der Waals surface area (Å²) in [6.45, 7) is 3.23. The van der Waals surface area contributed by atoms with Crippen LogP contribution in [0.15, 0.2) is 0 Å². The molecule has 1 atom stereocenters. The molecule has 0 radical (unpaired) electrons. The van der Waals surface area contributed by atoms with Gasteiger partial charge in [-0.2, -0.15) is 0 Å². The minimum Gasteiger partial charge on any atom is -0.480 e. The van der Waals surface area contributed by atoms with Crippen LogP contribution in [-0.4, -0.2) is 22.9 Å². The van der Waals surface area contributed by atoms with Crippen molar-refractivity contribution in [3.8, 4) is 0 Å². The number of hydrogen-bond acceptors (Lipinski definition) is 3. The molecule has 0 aliphatic rings. The van der Waals surface area contributed by atoms with Crippen molar-refractivity contribution >= 4 is 11.8 Å². The van der Waals surface area contributed by atoms with Gasteiger partial charge in [-0.15, -0.1) is 0 Å². The summed E-state index contributed by atoms with van der Waals surface area (Å²) < 4.78 is 0. The monoisotopic (exact) mass is 145 g/mol. The molecule has 0 amide bonds. The molecule has 4 heteroatoms. The van der Waals surface area contributed by atoms with E-state index in [4.69, 9.17) is 10.8 Å². The Kier molecular flexibility index (Phi) is 3.02. The van der Waals surface area contributed by atoms with E-state index in [1.807, 2.05) is 0 Å². The van der Waals surface area contributed by atoms with Crippen LogP contribution in [0, 0.1) is 5.92 Å². The van der Waals surface area contributed by atoms with Gasteiger partial charge >= 0.3 is 5.97 Å². The first-order chi connectivity index (χ1) is 4.46. The fraction of sp³-hybridized carbons (Fsp3) is 0.667. The molecule has 0 aromatic heterocycles. The summed E-state index contributed by atoms with van der Waals surface area (Å²) >= 11 is 0. The Morgan fingerprint density at radius 2 is 1.80 bits per heavy atom. The Hall–Kier alpha value is -0.900. The smallest absolute Gasteiger partial charge is 0.328 e. The summed E-state index contributed by atoms with van der Waals surface area (Å²) in [7, 11) is 0. The average molecular weight is 145 g/mol. The highest BCUT2D eigenvalue weighted by molar-refractivity contribution is 6.02. The summed E-state index contributed by atoms with van der Waals surface area (Å²) in [6, 6.07) is -1.36. The standard InChI is InChI=1S/C6H11NO3/c1-3(2)5(8)4(7)6(9)10/h3-4H,7H2,1-2H3,(H,9,10). The Labute approximate surface area is 59.0 Å². The van der Waals surface area contributed by atoms with Crippen LogP contribution in [0.25, 0.3) is 0 Å². The number of carbonyl (C=O) groups excluding carboxylic acids is 1. The highest BCUT2D eigenvalue weighted by atomic mass is 16.4. The minimum atomic E-state index is -1.36. The van der Waals surface area contributed by atoms with Crippen molar-refractivity contribution in [2.45, 2.75) is 19.9 Å². The third-order valence-electron chi connectivity index (χ3n) is 1.14. The molecule has 4 nitrogen and oxygen atoms in total. The number of carbonyl (C=O) groups is 2. The van der Waals surface area contributed by atoms with Crippen molar-refractivity contribution in [2.24, 2.45) is 11.7 Å². The molecule has 0 fully saturated rings. The highest BCUT2D eigenvalue weighted by Gasteiger charge is 2.22. The molecule has 58 valence electrons. The number of Topliss-reactive ketones (excluding diaryl/α,β-unsaturated/α-hetero) is 1. The fourth-order valence-corrected chi connectivity index (χ4v) is 0.481. The molecule has 0 rings (SSSR count). The topological polar surface area (TPSA) is 80.4 Å². The van der Waals surface area contributed by atoms with Crippen LogP contribution in [0.2, 0.25) is 0 Å². The van der Waals surface area contributed by atoms with E-state index in [1.54, 1.807) is 13.8 Å². The van der Waals surface area contributed by atoms with Gasteiger partial charge in [-0.05, 0) is 0 Å². The van der Waals surface area contributed by atoms with E-state index < -0.39 is 17.8 Å². The lowest BCUT2D eigenvalue weighted by molar-refractivity contribution is -0.143. The van der Waals surface area contributed by atoms with Gasteiger partial charge in [0.25, 0.3) is 0 Å². The summed E-state index contributed by atoms with van der Waals surface area (Å²) in [4.78, 5) is 20.9. The van der Waals surface area contributed by atoms with Gasteiger partial charge < -0.3 is 10.8 Å². The maximum Gasteiger partial charge on any atom is 0.328 e. The van der Waals surface area contributed by atoms with Crippen LogP contribution in [0.1, 0.15) is 13.8 Å². The second kappa shape index (κ2) is 3.31. The molecule has 0 heterocycles. The van der Waals surface area contributed by atoms with Crippen molar-refractivity contribution in [1.29, 1.82) is 0 Å². The van der Waals surface area contributed by atoms with Crippen molar-refractivity contribution < 1.29 is 14.7 Å². The molecule has 0 aromatic carbocycles. The van der Waals surface area contributed by atoms with E-state index >= 15 is 0 Å². The number of rotatable bonds is 3. The van der Waals surface area contributed by atoms with Crippen molar-refractivity contribution in [2.75, 3.05) is 0 Å². The predicted molar refractivity (Wildman–Crippen MR) is 35.5 cm³/mol. The zero-order valence-corrected chi connectivity index (χ0v) is 6.00. The summed E-state index contributed by atoms with van der Waals surface area (Å²) in [5, 5.41) is 8.26.